The second-order valence-corrected chi connectivity index (χ2v) is 3.83. The van der Waals surface area contributed by atoms with Crippen molar-refractivity contribution >= 4 is 5.91 Å². The van der Waals surface area contributed by atoms with E-state index in [1.807, 2.05) is 0 Å². The molecule has 0 aliphatic heterocycles. The van der Waals surface area contributed by atoms with Crippen LogP contribution in [0.4, 0.5) is 0 Å². The number of carbonyl (C=O) groups is 1. The summed E-state index contributed by atoms with van der Waals surface area (Å²) < 4.78 is 0. The van der Waals surface area contributed by atoms with Crippen molar-refractivity contribution in [2.45, 2.75) is 39.2 Å². The number of hydrogen-bond acceptors (Lipinski definition) is 2. The molecule has 0 bridgehead atoms. The lowest BCUT2D eigenvalue weighted by molar-refractivity contribution is -0.122. The largest absolute Gasteiger partial charge is 0.355 e. The van der Waals surface area contributed by atoms with Gasteiger partial charge in [-0.1, -0.05) is 6.92 Å². The highest BCUT2D eigenvalue weighted by Crippen LogP contribution is 2.28. The molecule has 0 saturated heterocycles. The maximum Gasteiger partial charge on any atom is 0.223 e. The molecule has 76 valence electrons. The summed E-state index contributed by atoms with van der Waals surface area (Å²) in [5, 5.41) is 6.25. The fourth-order valence-corrected chi connectivity index (χ4v) is 1.14. The standard InChI is InChI=1S/C10H20N2O/c1-3-8(2)11-6-7-12-10(13)9-4-5-9/h8-9,11H,3-7H2,1-2H3,(H,12,13)/t8-/m1/s1. The second-order valence-electron chi connectivity index (χ2n) is 3.83. The fraction of sp³-hybridized carbons (Fsp3) is 0.900. The Morgan fingerprint density at radius 2 is 2.15 bits per heavy atom. The SMILES string of the molecule is CC[C@@H](C)NCCNC(=O)C1CC1. The Balaban J connectivity index is 1.91. The van der Waals surface area contributed by atoms with Crippen molar-refractivity contribution in [1.29, 1.82) is 0 Å². The van der Waals surface area contributed by atoms with Gasteiger partial charge in [0.05, 0.1) is 0 Å². The summed E-state index contributed by atoms with van der Waals surface area (Å²) in [4.78, 5) is 11.2. The molecule has 0 aromatic heterocycles. The molecule has 0 unspecified atom stereocenters. The smallest absolute Gasteiger partial charge is 0.223 e. The second kappa shape index (κ2) is 5.22. The van der Waals surface area contributed by atoms with E-state index in [0.29, 0.717) is 12.0 Å². The lowest BCUT2D eigenvalue weighted by atomic mass is 10.2. The van der Waals surface area contributed by atoms with Crippen LogP contribution in [0.2, 0.25) is 0 Å². The zero-order valence-electron chi connectivity index (χ0n) is 8.60. The zero-order valence-corrected chi connectivity index (χ0v) is 8.60. The topological polar surface area (TPSA) is 41.1 Å². The molecule has 1 fully saturated rings. The van der Waals surface area contributed by atoms with Crippen molar-refractivity contribution in [3.63, 3.8) is 0 Å². The van der Waals surface area contributed by atoms with Crippen LogP contribution >= 0.6 is 0 Å². The molecule has 0 heterocycles. The molecule has 1 amide bonds. The molecule has 2 N–H and O–H groups in total. The lowest BCUT2D eigenvalue weighted by Crippen LogP contribution is -2.36. The Hall–Kier alpha value is -0.570. The summed E-state index contributed by atoms with van der Waals surface area (Å²) in [7, 11) is 0. The third-order valence-corrected chi connectivity index (χ3v) is 2.48. The number of amides is 1. The first kappa shape index (κ1) is 10.5. The first-order chi connectivity index (χ1) is 6.24. The summed E-state index contributed by atoms with van der Waals surface area (Å²) in [5.74, 6) is 0.578. The molecular formula is C10H20N2O. The van der Waals surface area contributed by atoms with E-state index in [4.69, 9.17) is 0 Å². The molecule has 0 radical (unpaired) electrons. The summed E-state index contributed by atoms with van der Waals surface area (Å²) in [6.45, 7) is 5.95. The van der Waals surface area contributed by atoms with Crippen LogP contribution in [0, 0.1) is 5.92 Å². The Kier molecular flexibility index (Phi) is 4.22. The van der Waals surface area contributed by atoms with Gasteiger partial charge in [-0.05, 0) is 26.2 Å². The number of carbonyl (C=O) groups excluding carboxylic acids is 1. The van der Waals surface area contributed by atoms with Crippen molar-refractivity contribution in [2.24, 2.45) is 5.92 Å². The van der Waals surface area contributed by atoms with Crippen molar-refractivity contribution in [3.05, 3.63) is 0 Å². The van der Waals surface area contributed by atoms with Gasteiger partial charge >= 0.3 is 0 Å². The van der Waals surface area contributed by atoms with E-state index in [1.165, 1.54) is 0 Å². The minimum atomic E-state index is 0.242. The third-order valence-electron chi connectivity index (χ3n) is 2.48. The zero-order chi connectivity index (χ0) is 9.68. The molecule has 0 spiro atoms. The lowest BCUT2D eigenvalue weighted by Gasteiger charge is -2.11. The monoisotopic (exact) mass is 184 g/mol. The maximum absolute atomic E-state index is 11.2. The molecule has 1 rings (SSSR count). The molecule has 1 saturated carbocycles. The fourth-order valence-electron chi connectivity index (χ4n) is 1.14. The minimum absolute atomic E-state index is 0.242. The average Bonchev–Trinajstić information content (AvgIpc) is 2.94. The molecular weight excluding hydrogens is 164 g/mol. The Labute approximate surface area is 80.3 Å². The van der Waals surface area contributed by atoms with Gasteiger partial charge in [-0.15, -0.1) is 0 Å². The summed E-state index contributed by atoms with van der Waals surface area (Å²) in [5.41, 5.74) is 0. The van der Waals surface area contributed by atoms with Crippen LogP contribution in [0.3, 0.4) is 0 Å². The van der Waals surface area contributed by atoms with Crippen LogP contribution in [-0.4, -0.2) is 25.0 Å². The third kappa shape index (κ3) is 4.27. The van der Waals surface area contributed by atoms with E-state index in [2.05, 4.69) is 24.5 Å². The molecule has 13 heavy (non-hydrogen) atoms. The van der Waals surface area contributed by atoms with Gasteiger partial charge in [0.15, 0.2) is 0 Å². The van der Waals surface area contributed by atoms with Crippen LogP contribution in [0.1, 0.15) is 33.1 Å². The van der Waals surface area contributed by atoms with E-state index in [9.17, 15) is 4.79 Å². The molecule has 0 aromatic carbocycles. The van der Waals surface area contributed by atoms with E-state index < -0.39 is 0 Å². The molecule has 0 aromatic rings. The highest BCUT2D eigenvalue weighted by molar-refractivity contribution is 5.80. The Morgan fingerprint density at radius 1 is 1.46 bits per heavy atom. The van der Waals surface area contributed by atoms with Crippen LogP contribution in [0.15, 0.2) is 0 Å². The van der Waals surface area contributed by atoms with Crippen LogP contribution in [-0.2, 0) is 4.79 Å². The first-order valence-electron chi connectivity index (χ1n) is 5.25. The van der Waals surface area contributed by atoms with Gasteiger partial charge in [-0.3, -0.25) is 4.79 Å². The predicted octanol–water partition coefficient (Wildman–Crippen LogP) is 0.901. The molecule has 3 nitrogen and oxygen atoms in total. The summed E-state index contributed by atoms with van der Waals surface area (Å²) in [6, 6.07) is 0.554. The van der Waals surface area contributed by atoms with Gasteiger partial charge in [-0.25, -0.2) is 0 Å². The normalized spacial score (nSPS) is 18.3. The van der Waals surface area contributed by atoms with Crippen LogP contribution in [0.25, 0.3) is 0 Å². The van der Waals surface area contributed by atoms with Crippen LogP contribution < -0.4 is 10.6 Å². The van der Waals surface area contributed by atoms with Crippen LogP contribution in [0.5, 0.6) is 0 Å². The van der Waals surface area contributed by atoms with Gasteiger partial charge in [-0.2, -0.15) is 0 Å². The van der Waals surface area contributed by atoms with Gasteiger partial charge in [0.2, 0.25) is 5.91 Å². The molecule has 1 aliphatic rings. The van der Waals surface area contributed by atoms with Crippen molar-refractivity contribution in [1.82, 2.24) is 10.6 Å². The maximum atomic E-state index is 11.2. The van der Waals surface area contributed by atoms with Crippen molar-refractivity contribution in [2.75, 3.05) is 13.1 Å². The molecule has 1 atom stereocenters. The predicted molar refractivity (Wildman–Crippen MR) is 53.5 cm³/mol. The molecule has 1 aliphatic carbocycles. The van der Waals surface area contributed by atoms with E-state index in [1.54, 1.807) is 0 Å². The first-order valence-corrected chi connectivity index (χ1v) is 5.25. The Bertz CT molecular complexity index is 166. The van der Waals surface area contributed by atoms with E-state index in [-0.39, 0.29) is 5.91 Å². The van der Waals surface area contributed by atoms with E-state index in [0.717, 1.165) is 32.4 Å². The minimum Gasteiger partial charge on any atom is -0.355 e. The number of hydrogen-bond donors (Lipinski definition) is 2. The Morgan fingerprint density at radius 3 is 2.69 bits per heavy atom. The molecule has 3 heteroatoms. The summed E-state index contributed by atoms with van der Waals surface area (Å²) >= 11 is 0. The van der Waals surface area contributed by atoms with Gasteiger partial charge in [0.25, 0.3) is 0 Å². The van der Waals surface area contributed by atoms with E-state index >= 15 is 0 Å². The summed E-state index contributed by atoms with van der Waals surface area (Å²) in [6.07, 6.45) is 3.31. The van der Waals surface area contributed by atoms with Gasteiger partial charge in [0, 0.05) is 25.0 Å². The average molecular weight is 184 g/mol. The number of nitrogens with one attached hydrogen (secondary N) is 2. The van der Waals surface area contributed by atoms with Crippen molar-refractivity contribution < 1.29 is 4.79 Å². The van der Waals surface area contributed by atoms with Gasteiger partial charge < -0.3 is 10.6 Å². The van der Waals surface area contributed by atoms with Crippen molar-refractivity contribution in [3.8, 4) is 0 Å². The highest BCUT2D eigenvalue weighted by Gasteiger charge is 2.28. The quantitative estimate of drug-likeness (QED) is 0.602. The van der Waals surface area contributed by atoms with Gasteiger partial charge in [0.1, 0.15) is 0 Å². The highest BCUT2D eigenvalue weighted by atomic mass is 16.2. The number of rotatable bonds is 6.